The zero-order valence-electron chi connectivity index (χ0n) is 12.1. The van der Waals surface area contributed by atoms with Gasteiger partial charge in [-0.15, -0.1) is 0 Å². The molecule has 1 aliphatic rings. The SMILES string of the molecule is CC(C)NCC(C(C)C)N1Cc2ccccc2C1. The van der Waals surface area contributed by atoms with E-state index in [-0.39, 0.29) is 0 Å². The highest BCUT2D eigenvalue weighted by molar-refractivity contribution is 5.30. The molecule has 0 aromatic heterocycles. The van der Waals surface area contributed by atoms with Crippen LogP contribution in [-0.2, 0) is 13.1 Å². The number of benzene rings is 1. The van der Waals surface area contributed by atoms with Gasteiger partial charge in [0.1, 0.15) is 0 Å². The van der Waals surface area contributed by atoms with Crippen LogP contribution in [0.15, 0.2) is 24.3 Å². The van der Waals surface area contributed by atoms with Crippen molar-refractivity contribution in [1.29, 1.82) is 0 Å². The summed E-state index contributed by atoms with van der Waals surface area (Å²) in [5.41, 5.74) is 3.01. The molecule has 1 aliphatic heterocycles. The molecule has 1 atom stereocenters. The highest BCUT2D eigenvalue weighted by atomic mass is 15.2. The first kappa shape index (κ1) is 13.6. The first-order valence-electron chi connectivity index (χ1n) is 7.12. The van der Waals surface area contributed by atoms with Crippen LogP contribution in [0, 0.1) is 5.92 Å². The van der Waals surface area contributed by atoms with Gasteiger partial charge in [-0.2, -0.15) is 0 Å². The van der Waals surface area contributed by atoms with Crippen molar-refractivity contribution < 1.29 is 0 Å². The number of hydrogen-bond donors (Lipinski definition) is 1. The minimum absolute atomic E-state index is 0.566. The van der Waals surface area contributed by atoms with Crippen molar-refractivity contribution in [3.63, 3.8) is 0 Å². The summed E-state index contributed by atoms with van der Waals surface area (Å²) in [5.74, 6) is 0.686. The van der Waals surface area contributed by atoms with Gasteiger partial charge in [-0.3, -0.25) is 4.90 Å². The largest absolute Gasteiger partial charge is 0.313 e. The van der Waals surface area contributed by atoms with Gasteiger partial charge in [0.15, 0.2) is 0 Å². The van der Waals surface area contributed by atoms with Gasteiger partial charge < -0.3 is 5.32 Å². The molecule has 0 fully saturated rings. The molecule has 1 unspecified atom stereocenters. The minimum atomic E-state index is 0.566. The van der Waals surface area contributed by atoms with Gasteiger partial charge in [0.25, 0.3) is 0 Å². The Morgan fingerprint density at radius 1 is 1.06 bits per heavy atom. The Hall–Kier alpha value is -0.860. The van der Waals surface area contributed by atoms with Gasteiger partial charge in [-0.1, -0.05) is 52.0 Å². The first-order valence-corrected chi connectivity index (χ1v) is 7.12. The molecule has 100 valence electrons. The van der Waals surface area contributed by atoms with Crippen molar-refractivity contribution in [2.75, 3.05) is 6.54 Å². The van der Waals surface area contributed by atoms with Crippen LogP contribution in [0.25, 0.3) is 0 Å². The summed E-state index contributed by atoms with van der Waals surface area (Å²) >= 11 is 0. The molecule has 1 aromatic carbocycles. The van der Waals surface area contributed by atoms with Gasteiger partial charge in [-0.25, -0.2) is 0 Å². The molecule has 0 spiro atoms. The Bertz CT molecular complexity index is 359. The Balaban J connectivity index is 2.02. The molecule has 0 bridgehead atoms. The fourth-order valence-corrected chi connectivity index (χ4v) is 2.74. The molecule has 0 radical (unpaired) electrons. The maximum Gasteiger partial charge on any atom is 0.0250 e. The third kappa shape index (κ3) is 3.12. The van der Waals surface area contributed by atoms with E-state index in [1.165, 1.54) is 11.1 Å². The quantitative estimate of drug-likeness (QED) is 0.859. The summed E-state index contributed by atoms with van der Waals surface area (Å²) in [6, 6.07) is 10.0. The summed E-state index contributed by atoms with van der Waals surface area (Å²) in [5, 5.41) is 3.59. The van der Waals surface area contributed by atoms with E-state index in [1.54, 1.807) is 0 Å². The molecule has 1 heterocycles. The number of nitrogens with one attached hydrogen (secondary N) is 1. The second-order valence-corrected chi connectivity index (χ2v) is 6.05. The van der Waals surface area contributed by atoms with E-state index in [4.69, 9.17) is 0 Å². The predicted molar refractivity (Wildman–Crippen MR) is 77.5 cm³/mol. The molecule has 0 aliphatic carbocycles. The summed E-state index contributed by atoms with van der Waals surface area (Å²) in [6.07, 6.45) is 0. The van der Waals surface area contributed by atoms with Crippen molar-refractivity contribution in [2.24, 2.45) is 5.92 Å². The van der Waals surface area contributed by atoms with E-state index in [9.17, 15) is 0 Å². The number of hydrogen-bond acceptors (Lipinski definition) is 2. The normalized spacial score (nSPS) is 17.4. The van der Waals surface area contributed by atoms with Gasteiger partial charge in [0, 0.05) is 31.7 Å². The second kappa shape index (κ2) is 5.85. The second-order valence-electron chi connectivity index (χ2n) is 6.05. The smallest absolute Gasteiger partial charge is 0.0250 e. The van der Waals surface area contributed by atoms with Crippen LogP contribution in [0.2, 0.25) is 0 Å². The average Bonchev–Trinajstić information content (AvgIpc) is 2.71. The predicted octanol–water partition coefficient (Wildman–Crippen LogP) is 3.02. The molecular weight excluding hydrogens is 220 g/mol. The lowest BCUT2D eigenvalue weighted by molar-refractivity contribution is 0.149. The first-order chi connectivity index (χ1) is 8.58. The van der Waals surface area contributed by atoms with Gasteiger partial charge in [0.05, 0.1) is 0 Å². The van der Waals surface area contributed by atoms with E-state index >= 15 is 0 Å². The summed E-state index contributed by atoms with van der Waals surface area (Å²) in [7, 11) is 0. The zero-order chi connectivity index (χ0) is 13.1. The molecular formula is C16H26N2. The Morgan fingerprint density at radius 3 is 2.06 bits per heavy atom. The summed E-state index contributed by atoms with van der Waals surface area (Å²) in [6.45, 7) is 12.4. The third-order valence-electron chi connectivity index (χ3n) is 3.84. The fourth-order valence-electron chi connectivity index (χ4n) is 2.74. The zero-order valence-corrected chi connectivity index (χ0v) is 12.1. The molecule has 0 saturated carbocycles. The van der Waals surface area contributed by atoms with E-state index in [1.807, 2.05) is 0 Å². The van der Waals surface area contributed by atoms with Crippen molar-refractivity contribution >= 4 is 0 Å². The molecule has 0 saturated heterocycles. The molecule has 1 aromatic rings. The van der Waals surface area contributed by atoms with Gasteiger partial charge >= 0.3 is 0 Å². The maximum absolute atomic E-state index is 3.59. The topological polar surface area (TPSA) is 15.3 Å². The van der Waals surface area contributed by atoms with Crippen LogP contribution in [0.3, 0.4) is 0 Å². The molecule has 0 amide bonds. The maximum atomic E-state index is 3.59. The van der Waals surface area contributed by atoms with Crippen LogP contribution in [0.5, 0.6) is 0 Å². The lowest BCUT2D eigenvalue weighted by Crippen LogP contribution is -2.44. The van der Waals surface area contributed by atoms with Crippen molar-refractivity contribution in [1.82, 2.24) is 10.2 Å². The van der Waals surface area contributed by atoms with Crippen molar-refractivity contribution in [3.8, 4) is 0 Å². The van der Waals surface area contributed by atoms with Crippen molar-refractivity contribution in [3.05, 3.63) is 35.4 Å². The Morgan fingerprint density at radius 2 is 1.61 bits per heavy atom. The average molecular weight is 246 g/mol. The molecule has 1 N–H and O–H groups in total. The highest BCUT2D eigenvalue weighted by Crippen LogP contribution is 2.26. The van der Waals surface area contributed by atoms with Crippen LogP contribution >= 0.6 is 0 Å². The lowest BCUT2D eigenvalue weighted by Gasteiger charge is -2.31. The Labute approximate surface area is 111 Å². The van der Waals surface area contributed by atoms with Crippen LogP contribution < -0.4 is 5.32 Å². The summed E-state index contributed by atoms with van der Waals surface area (Å²) in [4.78, 5) is 2.62. The number of fused-ring (bicyclic) bond motifs is 1. The van der Waals surface area contributed by atoms with Crippen LogP contribution in [-0.4, -0.2) is 23.5 Å². The summed E-state index contributed by atoms with van der Waals surface area (Å²) < 4.78 is 0. The van der Waals surface area contributed by atoms with E-state index in [0.717, 1.165) is 19.6 Å². The van der Waals surface area contributed by atoms with E-state index in [0.29, 0.717) is 18.0 Å². The number of rotatable bonds is 5. The van der Waals surface area contributed by atoms with Gasteiger partial charge in [0.2, 0.25) is 0 Å². The Kier molecular flexibility index (Phi) is 4.41. The van der Waals surface area contributed by atoms with E-state index < -0.39 is 0 Å². The van der Waals surface area contributed by atoms with Gasteiger partial charge in [-0.05, 0) is 17.0 Å². The number of nitrogens with zero attached hydrogens (tertiary/aromatic N) is 1. The standard InChI is InChI=1S/C16H26N2/c1-12(2)16(9-17-13(3)4)18-10-14-7-5-6-8-15(14)11-18/h5-8,12-13,16-17H,9-11H2,1-4H3. The molecule has 2 heteroatoms. The molecule has 2 nitrogen and oxygen atoms in total. The molecule has 2 rings (SSSR count). The van der Waals surface area contributed by atoms with E-state index in [2.05, 4.69) is 62.2 Å². The third-order valence-corrected chi connectivity index (χ3v) is 3.84. The van der Waals surface area contributed by atoms with Crippen molar-refractivity contribution in [2.45, 2.75) is 52.9 Å². The lowest BCUT2D eigenvalue weighted by atomic mass is 10.0. The monoisotopic (exact) mass is 246 g/mol. The van der Waals surface area contributed by atoms with Crippen LogP contribution in [0.4, 0.5) is 0 Å². The molecule has 18 heavy (non-hydrogen) atoms. The van der Waals surface area contributed by atoms with Crippen LogP contribution in [0.1, 0.15) is 38.8 Å². The fraction of sp³-hybridized carbons (Fsp3) is 0.625. The minimum Gasteiger partial charge on any atom is -0.313 e. The highest BCUT2D eigenvalue weighted by Gasteiger charge is 2.27.